The average molecular weight is 257 g/mol. The van der Waals surface area contributed by atoms with Crippen LogP contribution in [0.1, 0.15) is 0 Å². The molecule has 0 spiro atoms. The van der Waals surface area contributed by atoms with Crippen LogP contribution in [0.4, 0.5) is 0 Å². The van der Waals surface area contributed by atoms with Gasteiger partial charge in [0, 0.05) is 16.8 Å². The smallest absolute Gasteiger partial charge is 0.192 e. The van der Waals surface area contributed by atoms with Gasteiger partial charge in [-0.25, -0.2) is 8.42 Å². The first-order valence-electron chi connectivity index (χ1n) is 4.48. The fourth-order valence-electron chi connectivity index (χ4n) is 1.39. The van der Waals surface area contributed by atoms with Gasteiger partial charge in [-0.1, -0.05) is 23.7 Å². The SMILES string of the molecule is CS(=O)(=O)c1[nH]ncc1-c1ccc(Cl)cc1. The third-order valence-electron chi connectivity index (χ3n) is 2.13. The van der Waals surface area contributed by atoms with Crippen LogP contribution >= 0.6 is 11.6 Å². The van der Waals surface area contributed by atoms with Gasteiger partial charge in [0.2, 0.25) is 0 Å². The number of nitrogens with zero attached hydrogens (tertiary/aromatic N) is 1. The predicted octanol–water partition coefficient (Wildman–Crippen LogP) is 2.13. The van der Waals surface area contributed by atoms with Crippen molar-refractivity contribution in [3.8, 4) is 11.1 Å². The maximum atomic E-state index is 11.5. The normalized spacial score (nSPS) is 11.6. The van der Waals surface area contributed by atoms with Crippen LogP contribution in [-0.2, 0) is 9.84 Å². The largest absolute Gasteiger partial charge is 0.267 e. The minimum Gasteiger partial charge on any atom is -0.267 e. The average Bonchev–Trinajstić information content (AvgIpc) is 2.66. The molecule has 0 aliphatic heterocycles. The molecule has 1 heterocycles. The van der Waals surface area contributed by atoms with Crippen LogP contribution in [0.3, 0.4) is 0 Å². The summed E-state index contributed by atoms with van der Waals surface area (Å²) in [6.07, 6.45) is 2.62. The fourth-order valence-corrected chi connectivity index (χ4v) is 2.31. The van der Waals surface area contributed by atoms with Gasteiger partial charge in [-0.3, -0.25) is 5.10 Å². The first-order valence-corrected chi connectivity index (χ1v) is 6.75. The van der Waals surface area contributed by atoms with Crippen molar-refractivity contribution in [1.29, 1.82) is 0 Å². The van der Waals surface area contributed by atoms with Crippen molar-refractivity contribution in [2.75, 3.05) is 6.26 Å². The molecule has 0 amide bonds. The van der Waals surface area contributed by atoms with Crippen LogP contribution in [-0.4, -0.2) is 24.9 Å². The van der Waals surface area contributed by atoms with E-state index in [9.17, 15) is 8.42 Å². The Kier molecular flexibility index (Phi) is 2.73. The van der Waals surface area contributed by atoms with E-state index in [0.29, 0.717) is 10.6 Å². The first kappa shape index (κ1) is 11.2. The number of benzene rings is 1. The lowest BCUT2D eigenvalue weighted by Gasteiger charge is -2.01. The third kappa shape index (κ3) is 2.10. The van der Waals surface area contributed by atoms with E-state index in [1.54, 1.807) is 24.3 Å². The molecule has 6 heteroatoms. The standard InChI is InChI=1S/C10H9ClN2O2S/c1-16(14,15)10-9(6-12-13-10)7-2-4-8(11)5-3-7/h2-6H,1H3,(H,12,13). The van der Waals surface area contributed by atoms with Crippen LogP contribution in [0, 0.1) is 0 Å². The Morgan fingerprint density at radius 1 is 1.25 bits per heavy atom. The highest BCUT2D eigenvalue weighted by atomic mass is 35.5. The van der Waals surface area contributed by atoms with Crippen molar-refractivity contribution in [3.63, 3.8) is 0 Å². The molecule has 0 unspecified atom stereocenters. The van der Waals surface area contributed by atoms with E-state index in [2.05, 4.69) is 10.2 Å². The second kappa shape index (κ2) is 3.92. The number of H-pyrrole nitrogens is 1. The number of sulfone groups is 1. The maximum absolute atomic E-state index is 11.5. The molecule has 84 valence electrons. The quantitative estimate of drug-likeness (QED) is 0.895. The summed E-state index contributed by atoms with van der Waals surface area (Å²) in [5.41, 5.74) is 1.32. The van der Waals surface area contributed by atoms with E-state index in [1.165, 1.54) is 6.20 Å². The molecule has 0 atom stereocenters. The van der Waals surface area contributed by atoms with E-state index in [-0.39, 0.29) is 5.03 Å². The van der Waals surface area contributed by atoms with Gasteiger partial charge in [0.25, 0.3) is 0 Å². The van der Waals surface area contributed by atoms with Gasteiger partial charge in [0.1, 0.15) is 0 Å². The van der Waals surface area contributed by atoms with Crippen molar-refractivity contribution >= 4 is 21.4 Å². The number of aromatic nitrogens is 2. The Hall–Kier alpha value is -1.33. The molecule has 0 aliphatic rings. The summed E-state index contributed by atoms with van der Waals surface area (Å²) in [5.74, 6) is 0. The molecule has 0 saturated heterocycles. The Morgan fingerprint density at radius 3 is 2.44 bits per heavy atom. The molecule has 2 rings (SSSR count). The lowest BCUT2D eigenvalue weighted by molar-refractivity contribution is 0.598. The van der Waals surface area contributed by atoms with Gasteiger partial charge in [-0.2, -0.15) is 5.10 Å². The zero-order chi connectivity index (χ0) is 11.8. The third-order valence-corrected chi connectivity index (χ3v) is 3.44. The van der Waals surface area contributed by atoms with Crippen molar-refractivity contribution in [2.24, 2.45) is 0 Å². The molecule has 0 bridgehead atoms. The lowest BCUT2D eigenvalue weighted by atomic mass is 10.1. The molecule has 0 radical (unpaired) electrons. The minimum absolute atomic E-state index is 0.120. The Bertz CT molecular complexity index is 602. The number of nitrogens with one attached hydrogen (secondary N) is 1. The van der Waals surface area contributed by atoms with Crippen molar-refractivity contribution in [1.82, 2.24) is 10.2 Å². The highest BCUT2D eigenvalue weighted by Crippen LogP contribution is 2.26. The maximum Gasteiger partial charge on any atom is 0.192 e. The van der Waals surface area contributed by atoms with E-state index in [4.69, 9.17) is 11.6 Å². The second-order valence-electron chi connectivity index (χ2n) is 3.39. The van der Waals surface area contributed by atoms with Crippen LogP contribution < -0.4 is 0 Å². The molecule has 0 aliphatic carbocycles. The summed E-state index contributed by atoms with van der Waals surface area (Å²) < 4.78 is 22.9. The highest BCUT2D eigenvalue weighted by Gasteiger charge is 2.16. The van der Waals surface area contributed by atoms with E-state index >= 15 is 0 Å². The molecule has 1 N–H and O–H groups in total. The molecular formula is C10H9ClN2O2S. The van der Waals surface area contributed by atoms with Crippen LogP contribution in [0.25, 0.3) is 11.1 Å². The number of halogens is 1. The number of rotatable bonds is 2. The zero-order valence-electron chi connectivity index (χ0n) is 8.44. The number of hydrogen-bond donors (Lipinski definition) is 1. The summed E-state index contributed by atoms with van der Waals surface area (Å²) in [7, 11) is -3.30. The Morgan fingerprint density at radius 2 is 1.88 bits per heavy atom. The van der Waals surface area contributed by atoms with Gasteiger partial charge in [-0.15, -0.1) is 0 Å². The summed E-state index contributed by atoms with van der Waals surface area (Å²) in [4.78, 5) is 0. The minimum atomic E-state index is -3.30. The summed E-state index contributed by atoms with van der Waals surface area (Å²) in [5, 5.41) is 6.96. The topological polar surface area (TPSA) is 62.8 Å². The predicted molar refractivity (Wildman–Crippen MR) is 62.1 cm³/mol. The van der Waals surface area contributed by atoms with E-state index < -0.39 is 9.84 Å². The highest BCUT2D eigenvalue weighted by molar-refractivity contribution is 7.90. The summed E-state index contributed by atoms with van der Waals surface area (Å²) in [6.45, 7) is 0. The second-order valence-corrected chi connectivity index (χ2v) is 5.78. The van der Waals surface area contributed by atoms with E-state index in [0.717, 1.165) is 11.8 Å². The van der Waals surface area contributed by atoms with Gasteiger partial charge in [0.15, 0.2) is 14.9 Å². The van der Waals surface area contributed by atoms with Gasteiger partial charge >= 0.3 is 0 Å². The first-order chi connectivity index (χ1) is 7.48. The molecule has 2 aromatic rings. The van der Waals surface area contributed by atoms with Crippen LogP contribution in [0.15, 0.2) is 35.5 Å². The molecule has 16 heavy (non-hydrogen) atoms. The van der Waals surface area contributed by atoms with Crippen LogP contribution in [0.2, 0.25) is 5.02 Å². The van der Waals surface area contributed by atoms with Crippen LogP contribution in [0.5, 0.6) is 0 Å². The molecule has 4 nitrogen and oxygen atoms in total. The Balaban J connectivity index is 2.58. The van der Waals surface area contributed by atoms with E-state index in [1.807, 2.05) is 0 Å². The number of aromatic amines is 1. The van der Waals surface area contributed by atoms with Gasteiger partial charge in [-0.05, 0) is 17.7 Å². The Labute approximate surface area is 98.2 Å². The molecule has 0 fully saturated rings. The van der Waals surface area contributed by atoms with Crippen molar-refractivity contribution in [2.45, 2.75) is 5.03 Å². The van der Waals surface area contributed by atoms with Crippen molar-refractivity contribution in [3.05, 3.63) is 35.5 Å². The summed E-state index contributed by atoms with van der Waals surface area (Å²) >= 11 is 5.76. The fraction of sp³-hybridized carbons (Fsp3) is 0.100. The molecular weight excluding hydrogens is 248 g/mol. The molecule has 1 aromatic carbocycles. The zero-order valence-corrected chi connectivity index (χ0v) is 10.0. The number of hydrogen-bond acceptors (Lipinski definition) is 3. The monoisotopic (exact) mass is 256 g/mol. The molecule has 1 aromatic heterocycles. The summed E-state index contributed by atoms with van der Waals surface area (Å²) in [6, 6.07) is 6.91. The lowest BCUT2D eigenvalue weighted by Crippen LogP contribution is -1.99. The molecule has 0 saturated carbocycles. The van der Waals surface area contributed by atoms with Crippen molar-refractivity contribution < 1.29 is 8.42 Å². The van der Waals surface area contributed by atoms with Gasteiger partial charge < -0.3 is 0 Å². The van der Waals surface area contributed by atoms with Gasteiger partial charge in [0.05, 0.1) is 6.20 Å².